The van der Waals surface area contributed by atoms with Gasteiger partial charge >= 0.3 is 0 Å². The fourth-order valence-electron chi connectivity index (χ4n) is 10.3. The molecule has 5 aliphatic carbocycles. The molecule has 1 aromatic carbocycles. The van der Waals surface area contributed by atoms with Crippen molar-refractivity contribution in [3.63, 3.8) is 0 Å². The summed E-state index contributed by atoms with van der Waals surface area (Å²) >= 11 is 0. The van der Waals surface area contributed by atoms with Crippen LogP contribution in [0.25, 0.3) is 0 Å². The van der Waals surface area contributed by atoms with Gasteiger partial charge in [-0.3, -0.25) is 4.90 Å². The monoisotopic (exact) mass is 465 g/mol. The molecule has 184 valence electrons. The second-order valence-electron chi connectivity index (χ2n) is 13.0. The molecule has 6 fully saturated rings. The predicted molar refractivity (Wildman–Crippen MR) is 128 cm³/mol. The van der Waals surface area contributed by atoms with E-state index in [0.717, 1.165) is 30.3 Å². The van der Waals surface area contributed by atoms with E-state index < -0.39 is 0 Å². The minimum atomic E-state index is -0.299. The van der Waals surface area contributed by atoms with Gasteiger partial charge in [0.2, 0.25) is 0 Å². The van der Waals surface area contributed by atoms with Crippen LogP contribution in [0.4, 0.5) is 0 Å². The zero-order valence-electron chi connectivity index (χ0n) is 21.2. The third kappa shape index (κ3) is 2.06. The lowest BCUT2D eigenvalue weighted by atomic mass is 9.32. The SMILES string of the molecule is CCC1(C)OCOC23C(C)CC4(CC12)C1Cc2ccc(OC)c5c2C4(CCN1CC1CC1)C3O5. The van der Waals surface area contributed by atoms with Crippen molar-refractivity contribution >= 4 is 0 Å². The number of benzene rings is 1. The topological polar surface area (TPSA) is 40.2 Å². The predicted octanol–water partition coefficient (Wildman–Crippen LogP) is 4.69. The van der Waals surface area contributed by atoms with E-state index in [1.54, 1.807) is 7.11 Å². The second kappa shape index (κ2) is 6.33. The summed E-state index contributed by atoms with van der Waals surface area (Å²) in [5, 5.41) is 0. The molecule has 5 nitrogen and oxygen atoms in total. The van der Waals surface area contributed by atoms with Crippen LogP contribution in [0.2, 0.25) is 0 Å². The van der Waals surface area contributed by atoms with Crippen LogP contribution in [0.5, 0.6) is 11.5 Å². The number of methoxy groups -OCH3 is 1. The highest BCUT2D eigenvalue weighted by Gasteiger charge is 2.84. The molecular formula is C29H39NO4. The minimum absolute atomic E-state index is 0.0319. The molecule has 0 aromatic heterocycles. The van der Waals surface area contributed by atoms with E-state index in [0.29, 0.717) is 24.7 Å². The van der Waals surface area contributed by atoms with E-state index in [1.165, 1.54) is 56.3 Å². The maximum absolute atomic E-state index is 7.20. The minimum Gasteiger partial charge on any atom is -0.493 e. The first-order chi connectivity index (χ1) is 16.4. The van der Waals surface area contributed by atoms with Crippen LogP contribution < -0.4 is 9.47 Å². The summed E-state index contributed by atoms with van der Waals surface area (Å²) in [6.45, 7) is 9.97. The van der Waals surface area contributed by atoms with Crippen molar-refractivity contribution in [2.24, 2.45) is 23.2 Å². The molecule has 4 saturated carbocycles. The van der Waals surface area contributed by atoms with Gasteiger partial charge in [-0.1, -0.05) is 19.9 Å². The molecule has 5 heteroatoms. The Bertz CT molecular complexity index is 1070. The molecule has 1 aromatic rings. The average molecular weight is 466 g/mol. The van der Waals surface area contributed by atoms with Gasteiger partial charge in [0.05, 0.1) is 12.7 Å². The Morgan fingerprint density at radius 2 is 2.03 bits per heavy atom. The van der Waals surface area contributed by atoms with E-state index in [9.17, 15) is 0 Å². The molecule has 3 aliphatic heterocycles. The molecule has 8 unspecified atom stereocenters. The summed E-state index contributed by atoms with van der Waals surface area (Å²) in [7, 11) is 1.79. The van der Waals surface area contributed by atoms with Crippen LogP contribution in [0.1, 0.15) is 70.4 Å². The van der Waals surface area contributed by atoms with Crippen LogP contribution in [0.3, 0.4) is 0 Å². The van der Waals surface area contributed by atoms with Crippen LogP contribution in [-0.2, 0) is 21.3 Å². The van der Waals surface area contributed by atoms with Gasteiger partial charge in [0.1, 0.15) is 18.5 Å². The lowest BCUT2D eigenvalue weighted by molar-refractivity contribution is -0.391. The van der Waals surface area contributed by atoms with Crippen LogP contribution in [0.15, 0.2) is 12.1 Å². The normalized spacial score (nSPS) is 49.9. The Kier molecular flexibility index (Phi) is 3.88. The molecule has 0 radical (unpaired) electrons. The molecular weight excluding hydrogens is 426 g/mol. The van der Waals surface area contributed by atoms with Crippen molar-refractivity contribution < 1.29 is 18.9 Å². The fourth-order valence-corrected chi connectivity index (χ4v) is 10.3. The molecule has 4 bridgehead atoms. The highest BCUT2D eigenvalue weighted by Crippen LogP contribution is 2.79. The number of rotatable bonds is 4. The first kappa shape index (κ1) is 20.8. The third-order valence-electron chi connectivity index (χ3n) is 12.0. The van der Waals surface area contributed by atoms with E-state index in [2.05, 4.69) is 37.8 Å². The number of fused-ring (bicyclic) bond motifs is 1. The van der Waals surface area contributed by atoms with Crippen molar-refractivity contribution in [1.82, 2.24) is 4.90 Å². The first-order valence-corrected chi connectivity index (χ1v) is 13.8. The van der Waals surface area contributed by atoms with Crippen molar-refractivity contribution in [2.75, 3.05) is 27.0 Å². The number of nitrogens with zero attached hydrogens (tertiary/aromatic N) is 1. The van der Waals surface area contributed by atoms with Gasteiger partial charge in [-0.2, -0.15) is 0 Å². The van der Waals surface area contributed by atoms with Gasteiger partial charge in [0.15, 0.2) is 11.5 Å². The molecule has 8 atom stereocenters. The van der Waals surface area contributed by atoms with Crippen molar-refractivity contribution in [3.05, 3.63) is 23.3 Å². The summed E-state index contributed by atoms with van der Waals surface area (Å²) in [6, 6.07) is 5.10. The van der Waals surface area contributed by atoms with Gasteiger partial charge in [0, 0.05) is 34.9 Å². The highest BCUT2D eigenvalue weighted by molar-refractivity contribution is 5.64. The molecule has 2 saturated heterocycles. The Morgan fingerprint density at radius 1 is 1.18 bits per heavy atom. The second-order valence-corrected chi connectivity index (χ2v) is 13.0. The zero-order chi connectivity index (χ0) is 23.1. The Balaban J connectivity index is 1.40. The largest absolute Gasteiger partial charge is 0.493 e. The van der Waals surface area contributed by atoms with E-state index >= 15 is 0 Å². The number of hydrogen-bond donors (Lipinski definition) is 0. The van der Waals surface area contributed by atoms with Crippen LogP contribution in [0, 0.1) is 23.2 Å². The number of hydrogen-bond acceptors (Lipinski definition) is 5. The number of piperidine rings is 1. The van der Waals surface area contributed by atoms with Gasteiger partial charge in [-0.15, -0.1) is 0 Å². The van der Waals surface area contributed by atoms with Gasteiger partial charge in [-0.05, 0) is 81.9 Å². The van der Waals surface area contributed by atoms with E-state index in [-0.39, 0.29) is 28.1 Å². The molecule has 8 aliphatic rings. The molecule has 3 heterocycles. The molecule has 9 rings (SSSR count). The standard InChI is InChI=1S/C29H39NO4/c1-5-26(3)21-14-27-13-17(2)29(21,33-16-32-26)25-28(27)10-11-30(15-18-6-7-18)22(27)12-19-8-9-20(31-4)24(34-25)23(19)28/h8-9,17-18,21-22,25H,5-7,10-16H2,1-4H3. The lowest BCUT2D eigenvalue weighted by Gasteiger charge is -2.77. The average Bonchev–Trinajstić information content (AvgIpc) is 3.58. The Morgan fingerprint density at radius 3 is 2.79 bits per heavy atom. The number of ether oxygens (including phenoxy) is 4. The maximum atomic E-state index is 7.20. The summed E-state index contributed by atoms with van der Waals surface area (Å²) in [6.07, 6.45) is 8.67. The zero-order valence-corrected chi connectivity index (χ0v) is 21.2. The maximum Gasteiger partial charge on any atom is 0.165 e. The quantitative estimate of drug-likeness (QED) is 0.645. The van der Waals surface area contributed by atoms with Crippen molar-refractivity contribution in [1.29, 1.82) is 0 Å². The third-order valence-corrected chi connectivity index (χ3v) is 12.0. The molecule has 3 spiro atoms. The molecule has 0 N–H and O–H groups in total. The van der Waals surface area contributed by atoms with Gasteiger partial charge in [0.25, 0.3) is 0 Å². The van der Waals surface area contributed by atoms with E-state index in [4.69, 9.17) is 18.9 Å². The summed E-state index contributed by atoms with van der Waals surface area (Å²) in [5.41, 5.74) is 2.78. The van der Waals surface area contributed by atoms with Crippen molar-refractivity contribution in [3.8, 4) is 11.5 Å². The van der Waals surface area contributed by atoms with Crippen LogP contribution in [-0.4, -0.2) is 55.2 Å². The Hall–Kier alpha value is -1.30. The summed E-state index contributed by atoms with van der Waals surface area (Å²) in [4.78, 5) is 2.92. The highest BCUT2D eigenvalue weighted by atomic mass is 16.7. The molecule has 34 heavy (non-hydrogen) atoms. The number of likely N-dealkylation sites (tertiary alicyclic amines) is 1. The van der Waals surface area contributed by atoms with Crippen molar-refractivity contribution in [2.45, 2.75) is 94.5 Å². The molecule has 0 amide bonds. The fraction of sp³-hybridized carbons (Fsp3) is 0.793. The van der Waals surface area contributed by atoms with Gasteiger partial charge in [-0.25, -0.2) is 0 Å². The Labute approximate surface area is 203 Å². The van der Waals surface area contributed by atoms with E-state index in [1.807, 2.05) is 0 Å². The smallest absolute Gasteiger partial charge is 0.165 e. The summed E-state index contributed by atoms with van der Waals surface area (Å²) < 4.78 is 26.4. The summed E-state index contributed by atoms with van der Waals surface area (Å²) in [5.74, 6) is 3.66. The van der Waals surface area contributed by atoms with Crippen LogP contribution >= 0.6 is 0 Å². The lowest BCUT2D eigenvalue weighted by Crippen LogP contribution is -2.85. The first-order valence-electron chi connectivity index (χ1n) is 13.8. The van der Waals surface area contributed by atoms with Gasteiger partial charge < -0.3 is 18.9 Å².